The summed E-state index contributed by atoms with van der Waals surface area (Å²) >= 11 is 0. The smallest absolute Gasteiger partial charge is 0.167 e. The van der Waals surface area contributed by atoms with E-state index in [4.69, 9.17) is 0 Å². The van der Waals surface area contributed by atoms with Crippen molar-refractivity contribution < 1.29 is 4.79 Å². The van der Waals surface area contributed by atoms with E-state index in [9.17, 15) is 4.79 Å². The lowest BCUT2D eigenvalue weighted by atomic mass is 9.94. The molecule has 2 aromatic rings. The number of hydrogen-bond donors (Lipinski definition) is 0. The van der Waals surface area contributed by atoms with Crippen molar-refractivity contribution in [2.75, 3.05) is 0 Å². The first-order valence-corrected chi connectivity index (χ1v) is 6.21. The molecule has 17 heavy (non-hydrogen) atoms. The summed E-state index contributed by atoms with van der Waals surface area (Å²) in [7, 11) is 0. The van der Waals surface area contributed by atoms with E-state index in [1.54, 1.807) is 0 Å². The Balaban J connectivity index is 2.20. The molecule has 0 spiro atoms. The highest BCUT2D eigenvalue weighted by atomic mass is 16.1. The molecule has 2 aromatic carbocycles. The second-order valence-electron chi connectivity index (χ2n) is 5.16. The molecule has 1 heteroatoms. The Bertz CT molecular complexity index is 597. The first kappa shape index (κ1) is 10.5. The molecule has 2 atom stereocenters. The minimum absolute atomic E-state index is 0.263. The van der Waals surface area contributed by atoms with Gasteiger partial charge in [-0.15, -0.1) is 0 Å². The molecule has 0 aliphatic heterocycles. The van der Waals surface area contributed by atoms with E-state index >= 15 is 0 Å². The highest BCUT2D eigenvalue weighted by molar-refractivity contribution is 6.11. The fraction of sp³-hybridized carbons (Fsp3) is 0.312. The zero-order valence-corrected chi connectivity index (χ0v) is 10.2. The summed E-state index contributed by atoms with van der Waals surface area (Å²) in [6, 6.07) is 12.3. The van der Waals surface area contributed by atoms with Gasteiger partial charge >= 0.3 is 0 Å². The van der Waals surface area contributed by atoms with Crippen molar-refractivity contribution in [2.24, 2.45) is 11.8 Å². The number of fused-ring (bicyclic) bond motifs is 1. The maximum absolute atomic E-state index is 12.5. The van der Waals surface area contributed by atoms with Crippen molar-refractivity contribution in [1.82, 2.24) is 0 Å². The van der Waals surface area contributed by atoms with Gasteiger partial charge in [-0.25, -0.2) is 0 Å². The van der Waals surface area contributed by atoms with Crippen LogP contribution in [0.5, 0.6) is 0 Å². The molecular formula is C16H16O. The zero-order valence-electron chi connectivity index (χ0n) is 10.2. The van der Waals surface area contributed by atoms with Gasteiger partial charge in [0.05, 0.1) is 0 Å². The van der Waals surface area contributed by atoms with E-state index in [-0.39, 0.29) is 5.92 Å². The number of Topliss-reactive ketones (excluding diaryl/α,β-unsaturated/α-hetero) is 1. The van der Waals surface area contributed by atoms with Gasteiger partial charge in [0.25, 0.3) is 0 Å². The second-order valence-corrected chi connectivity index (χ2v) is 5.16. The van der Waals surface area contributed by atoms with E-state index in [2.05, 4.69) is 31.2 Å². The summed E-state index contributed by atoms with van der Waals surface area (Å²) in [5.41, 5.74) is 2.05. The highest BCUT2D eigenvalue weighted by Crippen LogP contribution is 2.41. The minimum atomic E-state index is 0.263. The Kier molecular flexibility index (Phi) is 2.29. The molecule has 0 aromatic heterocycles. The molecule has 3 rings (SSSR count). The summed E-state index contributed by atoms with van der Waals surface area (Å²) < 4.78 is 0. The lowest BCUT2D eigenvalue weighted by Crippen LogP contribution is -2.06. The standard InChI is InChI=1S/C16H16O/c1-10-7-8-12-5-3-4-6-13(12)15(10)16(17)14-9-11(14)2/h3-8,11,14H,9H2,1-2H3. The maximum Gasteiger partial charge on any atom is 0.167 e. The summed E-state index contributed by atoms with van der Waals surface area (Å²) in [4.78, 5) is 12.5. The van der Waals surface area contributed by atoms with Gasteiger partial charge in [-0.05, 0) is 35.6 Å². The van der Waals surface area contributed by atoms with Crippen LogP contribution in [0.15, 0.2) is 36.4 Å². The van der Waals surface area contributed by atoms with E-state index in [0.717, 1.165) is 28.3 Å². The molecule has 1 aliphatic rings. The molecule has 1 fully saturated rings. The van der Waals surface area contributed by atoms with Crippen LogP contribution in [0.25, 0.3) is 10.8 Å². The lowest BCUT2D eigenvalue weighted by Gasteiger charge is -2.09. The molecule has 1 nitrogen and oxygen atoms in total. The number of hydrogen-bond acceptors (Lipinski definition) is 1. The number of carbonyl (C=O) groups excluding carboxylic acids is 1. The average molecular weight is 224 g/mol. The fourth-order valence-corrected chi connectivity index (χ4v) is 2.58. The molecule has 1 saturated carbocycles. The topological polar surface area (TPSA) is 17.1 Å². The van der Waals surface area contributed by atoms with E-state index in [0.29, 0.717) is 11.7 Å². The maximum atomic E-state index is 12.5. The number of benzene rings is 2. The van der Waals surface area contributed by atoms with Gasteiger partial charge < -0.3 is 0 Å². The van der Waals surface area contributed by atoms with Crippen LogP contribution in [0.2, 0.25) is 0 Å². The number of rotatable bonds is 2. The van der Waals surface area contributed by atoms with Gasteiger partial charge in [-0.3, -0.25) is 4.79 Å². The van der Waals surface area contributed by atoms with Crippen LogP contribution in [0, 0.1) is 18.8 Å². The van der Waals surface area contributed by atoms with Crippen LogP contribution in [0.1, 0.15) is 29.3 Å². The first-order valence-electron chi connectivity index (χ1n) is 6.21. The van der Waals surface area contributed by atoms with Crippen molar-refractivity contribution >= 4 is 16.6 Å². The van der Waals surface area contributed by atoms with Crippen LogP contribution >= 0.6 is 0 Å². The quantitative estimate of drug-likeness (QED) is 0.705. The van der Waals surface area contributed by atoms with Gasteiger partial charge in [-0.2, -0.15) is 0 Å². The van der Waals surface area contributed by atoms with Crippen LogP contribution in [-0.2, 0) is 0 Å². The van der Waals surface area contributed by atoms with E-state index in [1.165, 1.54) is 0 Å². The van der Waals surface area contributed by atoms with Crippen LogP contribution in [-0.4, -0.2) is 5.78 Å². The fourth-order valence-electron chi connectivity index (χ4n) is 2.58. The Hall–Kier alpha value is -1.63. The van der Waals surface area contributed by atoms with Crippen molar-refractivity contribution in [1.29, 1.82) is 0 Å². The Morgan fingerprint density at radius 3 is 2.59 bits per heavy atom. The van der Waals surface area contributed by atoms with E-state index in [1.807, 2.05) is 19.1 Å². The van der Waals surface area contributed by atoms with E-state index < -0.39 is 0 Å². The molecule has 0 bridgehead atoms. The molecule has 1 aliphatic carbocycles. The SMILES string of the molecule is Cc1ccc2ccccc2c1C(=O)C1CC1C. The second kappa shape index (κ2) is 3.69. The molecule has 0 N–H and O–H groups in total. The van der Waals surface area contributed by atoms with Gasteiger partial charge in [-0.1, -0.05) is 43.3 Å². The summed E-state index contributed by atoms with van der Waals surface area (Å²) in [5.74, 6) is 1.17. The monoisotopic (exact) mass is 224 g/mol. The molecule has 2 unspecified atom stereocenters. The van der Waals surface area contributed by atoms with Crippen molar-refractivity contribution in [2.45, 2.75) is 20.3 Å². The molecule has 0 saturated heterocycles. The third kappa shape index (κ3) is 1.66. The number of ketones is 1. The minimum Gasteiger partial charge on any atom is -0.294 e. The van der Waals surface area contributed by atoms with Crippen LogP contribution in [0.4, 0.5) is 0 Å². The molecular weight excluding hydrogens is 208 g/mol. The van der Waals surface area contributed by atoms with Crippen molar-refractivity contribution in [3.05, 3.63) is 47.5 Å². The van der Waals surface area contributed by atoms with Crippen molar-refractivity contribution in [3.63, 3.8) is 0 Å². The normalized spacial score (nSPS) is 22.7. The highest BCUT2D eigenvalue weighted by Gasteiger charge is 2.40. The van der Waals surface area contributed by atoms with Gasteiger partial charge in [0, 0.05) is 11.5 Å². The third-order valence-corrected chi connectivity index (χ3v) is 3.83. The lowest BCUT2D eigenvalue weighted by molar-refractivity contribution is 0.0963. The molecule has 0 heterocycles. The average Bonchev–Trinajstić information content (AvgIpc) is 3.06. The predicted octanol–water partition coefficient (Wildman–Crippen LogP) is 3.99. The molecule has 0 radical (unpaired) electrons. The largest absolute Gasteiger partial charge is 0.294 e. The predicted molar refractivity (Wildman–Crippen MR) is 70.3 cm³/mol. The summed E-state index contributed by atoms with van der Waals surface area (Å²) in [6.07, 6.45) is 1.06. The zero-order chi connectivity index (χ0) is 12.0. The van der Waals surface area contributed by atoms with Gasteiger partial charge in [0.1, 0.15) is 0 Å². The number of aryl methyl sites for hydroxylation is 1. The molecule has 86 valence electrons. The Morgan fingerprint density at radius 1 is 1.18 bits per heavy atom. The summed E-state index contributed by atoms with van der Waals surface area (Å²) in [6.45, 7) is 4.19. The molecule has 0 amide bonds. The van der Waals surface area contributed by atoms with Crippen molar-refractivity contribution in [3.8, 4) is 0 Å². The number of carbonyl (C=O) groups is 1. The van der Waals surface area contributed by atoms with Crippen LogP contribution < -0.4 is 0 Å². The third-order valence-electron chi connectivity index (χ3n) is 3.83. The van der Waals surface area contributed by atoms with Gasteiger partial charge in [0.15, 0.2) is 5.78 Å². The van der Waals surface area contributed by atoms with Crippen LogP contribution in [0.3, 0.4) is 0 Å². The van der Waals surface area contributed by atoms with Gasteiger partial charge in [0.2, 0.25) is 0 Å². The Labute approximate surface area is 101 Å². The summed E-state index contributed by atoms with van der Waals surface area (Å²) in [5, 5.41) is 2.27. The Morgan fingerprint density at radius 2 is 1.88 bits per heavy atom. The first-order chi connectivity index (χ1) is 8.18.